The van der Waals surface area contributed by atoms with Crippen molar-refractivity contribution < 1.29 is 24.2 Å². The molecule has 0 radical (unpaired) electrons. The van der Waals surface area contributed by atoms with Crippen LogP contribution in [0.15, 0.2) is 115 Å². The second kappa shape index (κ2) is 10.8. The Kier molecular flexibility index (Phi) is 7.36. The van der Waals surface area contributed by atoms with E-state index in [1.54, 1.807) is 66.7 Å². The highest BCUT2D eigenvalue weighted by molar-refractivity contribution is 6.17. The molecule has 0 heterocycles. The summed E-state index contributed by atoms with van der Waals surface area (Å²) in [7, 11) is 0. The third-order valence-corrected chi connectivity index (χ3v) is 6.14. The lowest BCUT2D eigenvalue weighted by Gasteiger charge is -2.36. The van der Waals surface area contributed by atoms with Crippen LogP contribution in [0, 0.1) is 5.92 Å². The average Bonchev–Trinajstić information content (AvgIpc) is 2.89. The highest BCUT2D eigenvalue weighted by Crippen LogP contribution is 2.38. The van der Waals surface area contributed by atoms with E-state index in [0.717, 1.165) is 5.56 Å². The zero-order chi connectivity index (χ0) is 24.7. The van der Waals surface area contributed by atoms with Crippen molar-refractivity contribution in [2.75, 3.05) is 0 Å². The van der Waals surface area contributed by atoms with E-state index >= 15 is 0 Å². The number of carboxylic acids is 1. The van der Waals surface area contributed by atoms with E-state index in [1.807, 2.05) is 30.3 Å². The molecule has 35 heavy (non-hydrogen) atoms. The molecule has 0 amide bonds. The van der Waals surface area contributed by atoms with Gasteiger partial charge in [0.1, 0.15) is 11.7 Å². The predicted octanol–water partition coefficient (Wildman–Crippen LogP) is 5.48. The largest absolute Gasteiger partial charge is 0.478 e. The van der Waals surface area contributed by atoms with Crippen LogP contribution in [0.5, 0.6) is 5.75 Å². The molecule has 0 aromatic heterocycles. The highest BCUT2D eigenvalue weighted by atomic mass is 16.5. The number of ketones is 2. The number of aryl methyl sites for hydroxylation is 1. The molecule has 0 spiro atoms. The molecule has 1 N–H and O–H groups in total. The van der Waals surface area contributed by atoms with Gasteiger partial charge in [-0.15, -0.1) is 0 Å². The van der Waals surface area contributed by atoms with Gasteiger partial charge in [0.15, 0.2) is 11.6 Å². The molecule has 0 fully saturated rings. The van der Waals surface area contributed by atoms with E-state index in [-0.39, 0.29) is 12.0 Å². The number of hydrogen-bond acceptors (Lipinski definition) is 4. The minimum absolute atomic E-state index is 0.0810. The summed E-state index contributed by atoms with van der Waals surface area (Å²) in [4.78, 5) is 39.5. The van der Waals surface area contributed by atoms with E-state index in [2.05, 4.69) is 0 Å². The summed E-state index contributed by atoms with van der Waals surface area (Å²) in [6, 6.07) is 26.8. The number of carboxylic acid groups (broad SMARTS) is 1. The maximum absolute atomic E-state index is 13.5. The molecular weight excluding hydrogens is 440 g/mol. The maximum atomic E-state index is 13.5. The Morgan fingerprint density at radius 2 is 1.46 bits per heavy atom. The monoisotopic (exact) mass is 466 g/mol. The summed E-state index contributed by atoms with van der Waals surface area (Å²) < 4.78 is 6.20. The first-order chi connectivity index (χ1) is 17.0. The SMILES string of the molecule is O=C1C=CC=C(C(CCCc2ccccc2)(Oc2ccccc2)C(=O)O)C1C(=O)c1ccccc1. The Hall–Kier alpha value is -4.25. The Bertz CT molecular complexity index is 1250. The van der Waals surface area contributed by atoms with Gasteiger partial charge in [0.25, 0.3) is 0 Å². The predicted molar refractivity (Wildman–Crippen MR) is 133 cm³/mol. The molecule has 3 aromatic carbocycles. The van der Waals surface area contributed by atoms with Crippen molar-refractivity contribution >= 4 is 17.5 Å². The third kappa shape index (κ3) is 5.30. The Balaban J connectivity index is 1.75. The number of Topliss-reactive ketones (excluding diaryl/α,β-unsaturated/α-hetero) is 1. The first kappa shape index (κ1) is 23.9. The van der Waals surface area contributed by atoms with E-state index in [0.29, 0.717) is 24.2 Å². The van der Waals surface area contributed by atoms with Crippen LogP contribution in [-0.4, -0.2) is 28.2 Å². The van der Waals surface area contributed by atoms with Gasteiger partial charge in [0, 0.05) is 17.6 Å². The van der Waals surface area contributed by atoms with Crippen LogP contribution in [-0.2, 0) is 16.0 Å². The number of benzene rings is 3. The molecule has 4 rings (SSSR count). The molecule has 0 bridgehead atoms. The van der Waals surface area contributed by atoms with Crippen molar-refractivity contribution in [1.82, 2.24) is 0 Å². The minimum Gasteiger partial charge on any atom is -0.478 e. The zero-order valence-corrected chi connectivity index (χ0v) is 19.2. The summed E-state index contributed by atoms with van der Waals surface area (Å²) in [6.45, 7) is 0. The lowest BCUT2D eigenvalue weighted by atomic mass is 9.73. The van der Waals surface area contributed by atoms with Gasteiger partial charge in [0.2, 0.25) is 5.60 Å². The number of aliphatic carboxylic acids is 1. The summed E-state index contributed by atoms with van der Waals surface area (Å²) >= 11 is 0. The Morgan fingerprint density at radius 1 is 0.857 bits per heavy atom. The molecule has 2 atom stereocenters. The fraction of sp³-hybridized carbons (Fsp3) is 0.167. The minimum atomic E-state index is -1.90. The van der Waals surface area contributed by atoms with Crippen LogP contribution < -0.4 is 4.74 Å². The molecule has 0 saturated carbocycles. The number of hydrogen-bond donors (Lipinski definition) is 1. The van der Waals surface area contributed by atoms with Gasteiger partial charge in [-0.05, 0) is 36.6 Å². The van der Waals surface area contributed by atoms with Crippen molar-refractivity contribution in [3.05, 3.63) is 126 Å². The smallest absolute Gasteiger partial charge is 0.352 e. The van der Waals surface area contributed by atoms with Crippen molar-refractivity contribution in [3.8, 4) is 5.75 Å². The Labute approximate surface area is 204 Å². The van der Waals surface area contributed by atoms with Gasteiger partial charge in [-0.1, -0.05) is 91.0 Å². The van der Waals surface area contributed by atoms with Crippen molar-refractivity contribution in [3.63, 3.8) is 0 Å². The number of allylic oxidation sites excluding steroid dienone is 3. The normalized spacial score (nSPS) is 16.7. The lowest BCUT2D eigenvalue weighted by Crippen LogP contribution is -2.51. The molecule has 1 aliphatic rings. The molecule has 5 nitrogen and oxygen atoms in total. The van der Waals surface area contributed by atoms with Crippen LogP contribution in [0.3, 0.4) is 0 Å². The molecule has 2 unspecified atom stereocenters. The van der Waals surface area contributed by atoms with Crippen LogP contribution in [0.4, 0.5) is 0 Å². The van der Waals surface area contributed by atoms with E-state index < -0.39 is 29.1 Å². The second-order valence-corrected chi connectivity index (χ2v) is 8.43. The molecule has 0 saturated heterocycles. The van der Waals surface area contributed by atoms with Gasteiger partial charge in [0.05, 0.1) is 0 Å². The fourth-order valence-corrected chi connectivity index (χ4v) is 4.40. The molecule has 176 valence electrons. The van der Waals surface area contributed by atoms with Crippen molar-refractivity contribution in [2.24, 2.45) is 5.92 Å². The number of carbonyl (C=O) groups excluding carboxylic acids is 2. The summed E-state index contributed by atoms with van der Waals surface area (Å²) in [5.41, 5.74) is -0.346. The second-order valence-electron chi connectivity index (χ2n) is 8.43. The average molecular weight is 467 g/mol. The highest BCUT2D eigenvalue weighted by Gasteiger charge is 2.51. The van der Waals surface area contributed by atoms with Gasteiger partial charge >= 0.3 is 5.97 Å². The zero-order valence-electron chi connectivity index (χ0n) is 19.2. The summed E-state index contributed by atoms with van der Waals surface area (Å²) in [6.07, 6.45) is 5.54. The first-order valence-electron chi connectivity index (χ1n) is 11.5. The topological polar surface area (TPSA) is 80.7 Å². The fourth-order valence-electron chi connectivity index (χ4n) is 4.40. The summed E-state index contributed by atoms with van der Waals surface area (Å²) in [5.74, 6) is -3.07. The number of carbonyl (C=O) groups is 3. The lowest BCUT2D eigenvalue weighted by molar-refractivity contribution is -0.153. The number of rotatable bonds is 10. The molecule has 3 aromatic rings. The first-order valence-corrected chi connectivity index (χ1v) is 11.5. The molecule has 5 heteroatoms. The summed E-state index contributed by atoms with van der Waals surface area (Å²) in [5, 5.41) is 10.6. The van der Waals surface area contributed by atoms with Gasteiger partial charge < -0.3 is 9.84 Å². The Morgan fingerprint density at radius 3 is 2.09 bits per heavy atom. The van der Waals surface area contributed by atoms with Crippen LogP contribution in [0.25, 0.3) is 0 Å². The van der Waals surface area contributed by atoms with E-state index in [9.17, 15) is 19.5 Å². The van der Waals surface area contributed by atoms with Crippen LogP contribution in [0.1, 0.15) is 28.8 Å². The quantitative estimate of drug-likeness (QED) is 0.316. The van der Waals surface area contributed by atoms with Crippen LogP contribution in [0.2, 0.25) is 0 Å². The molecule has 0 aliphatic heterocycles. The van der Waals surface area contributed by atoms with E-state index in [1.165, 1.54) is 12.2 Å². The van der Waals surface area contributed by atoms with E-state index in [4.69, 9.17) is 4.74 Å². The van der Waals surface area contributed by atoms with Crippen LogP contribution >= 0.6 is 0 Å². The third-order valence-electron chi connectivity index (χ3n) is 6.14. The van der Waals surface area contributed by atoms with Crippen molar-refractivity contribution in [1.29, 1.82) is 0 Å². The standard InChI is InChI=1S/C30H26O5/c31-26-20-10-19-25(27(26)28(32)23-15-6-2-7-16-23)30(29(33)34,35-24-17-8-3-9-18-24)21-11-14-22-12-4-1-5-13-22/h1-10,12-13,15-20,27H,11,14,21H2,(H,33,34). The van der Waals surface area contributed by atoms with Crippen molar-refractivity contribution in [2.45, 2.75) is 24.9 Å². The number of ether oxygens (including phenoxy) is 1. The van der Waals surface area contributed by atoms with Gasteiger partial charge in [-0.3, -0.25) is 9.59 Å². The number of para-hydroxylation sites is 1. The molecular formula is C30H26O5. The molecule has 1 aliphatic carbocycles. The van der Waals surface area contributed by atoms with Gasteiger partial charge in [-0.2, -0.15) is 0 Å². The maximum Gasteiger partial charge on any atom is 0.352 e. The van der Waals surface area contributed by atoms with Gasteiger partial charge in [-0.25, -0.2) is 4.79 Å².